The number of hydrogen-bond donors (Lipinski definition) is 1. The van der Waals surface area contributed by atoms with Crippen LogP contribution >= 0.6 is 0 Å². The van der Waals surface area contributed by atoms with Crippen molar-refractivity contribution in [3.05, 3.63) is 53.6 Å². The van der Waals surface area contributed by atoms with Crippen molar-refractivity contribution in [2.24, 2.45) is 0 Å². The summed E-state index contributed by atoms with van der Waals surface area (Å²) in [7, 11) is 1.63. The maximum atomic E-state index is 12.9. The zero-order chi connectivity index (χ0) is 22.1. The molecule has 3 rings (SSSR count). The Bertz CT molecular complexity index is 896. The molecule has 0 radical (unpaired) electrons. The van der Waals surface area contributed by atoms with Crippen LogP contribution in [0, 0.1) is 0 Å². The lowest BCUT2D eigenvalue weighted by Crippen LogP contribution is -2.44. The van der Waals surface area contributed by atoms with Crippen molar-refractivity contribution in [3.8, 4) is 17.2 Å². The highest BCUT2D eigenvalue weighted by Gasteiger charge is 2.35. The summed E-state index contributed by atoms with van der Waals surface area (Å²) >= 11 is 0. The van der Waals surface area contributed by atoms with Gasteiger partial charge in [-0.05, 0) is 56.0 Å². The largest absolute Gasteiger partial charge is 0.497 e. The summed E-state index contributed by atoms with van der Waals surface area (Å²) < 4.78 is 17.3. The minimum absolute atomic E-state index is 0.0768. The van der Waals surface area contributed by atoms with E-state index in [4.69, 9.17) is 14.2 Å². The van der Waals surface area contributed by atoms with Crippen molar-refractivity contribution in [1.29, 1.82) is 0 Å². The molecule has 0 spiro atoms. The summed E-state index contributed by atoms with van der Waals surface area (Å²) in [6.45, 7) is 12.3. The van der Waals surface area contributed by atoms with Crippen LogP contribution < -0.4 is 19.5 Å². The molecule has 1 N–H and O–H groups in total. The normalized spacial score (nSPS) is 18.6. The van der Waals surface area contributed by atoms with Gasteiger partial charge in [0.25, 0.3) is 5.91 Å². The quantitative estimate of drug-likeness (QED) is 0.737. The molecule has 2 aromatic rings. The summed E-state index contributed by atoms with van der Waals surface area (Å²) in [6, 6.07) is 13.5. The highest BCUT2D eigenvalue weighted by atomic mass is 16.5. The van der Waals surface area contributed by atoms with E-state index in [1.54, 1.807) is 14.0 Å². The van der Waals surface area contributed by atoms with Gasteiger partial charge in [0.05, 0.1) is 13.2 Å². The smallest absolute Gasteiger partial charge is 0.261 e. The molecule has 5 nitrogen and oxygen atoms in total. The Morgan fingerprint density at radius 3 is 2.37 bits per heavy atom. The second-order valence-electron chi connectivity index (χ2n) is 9.57. The molecule has 0 aromatic heterocycles. The molecule has 1 heterocycles. The van der Waals surface area contributed by atoms with Crippen molar-refractivity contribution in [2.75, 3.05) is 7.11 Å². The highest BCUT2D eigenvalue weighted by molar-refractivity contribution is 5.81. The first-order chi connectivity index (χ1) is 14.0. The van der Waals surface area contributed by atoms with Crippen molar-refractivity contribution >= 4 is 5.91 Å². The molecule has 30 heavy (non-hydrogen) atoms. The number of methoxy groups -OCH3 is 1. The van der Waals surface area contributed by atoms with Crippen LogP contribution in [0.4, 0.5) is 0 Å². The van der Waals surface area contributed by atoms with Crippen molar-refractivity contribution < 1.29 is 19.0 Å². The second kappa shape index (κ2) is 8.21. The third-order valence-corrected chi connectivity index (χ3v) is 5.40. The highest BCUT2D eigenvalue weighted by Crippen LogP contribution is 2.41. The van der Waals surface area contributed by atoms with Crippen molar-refractivity contribution in [3.63, 3.8) is 0 Å². The lowest BCUT2D eigenvalue weighted by molar-refractivity contribution is -0.128. The Balaban J connectivity index is 1.70. The van der Waals surface area contributed by atoms with Crippen LogP contribution in [0.5, 0.6) is 17.2 Å². The van der Waals surface area contributed by atoms with Gasteiger partial charge in [-0.1, -0.05) is 32.9 Å². The summed E-state index contributed by atoms with van der Waals surface area (Å²) in [5.41, 5.74) is 1.85. The van der Waals surface area contributed by atoms with E-state index in [9.17, 15) is 4.79 Å². The van der Waals surface area contributed by atoms with Gasteiger partial charge in [0.15, 0.2) is 6.10 Å². The van der Waals surface area contributed by atoms with Gasteiger partial charge in [-0.2, -0.15) is 0 Å². The lowest BCUT2D eigenvalue weighted by atomic mass is 9.87. The van der Waals surface area contributed by atoms with Crippen LogP contribution in [0.2, 0.25) is 0 Å². The first-order valence-corrected chi connectivity index (χ1v) is 10.4. The molecule has 1 aliphatic heterocycles. The van der Waals surface area contributed by atoms with Gasteiger partial charge in [-0.3, -0.25) is 4.79 Å². The molecule has 2 atom stereocenters. The van der Waals surface area contributed by atoms with Gasteiger partial charge in [-0.25, -0.2) is 0 Å². The minimum Gasteiger partial charge on any atom is -0.497 e. The topological polar surface area (TPSA) is 56.8 Å². The molecule has 0 aliphatic carbocycles. The number of benzene rings is 2. The van der Waals surface area contributed by atoms with Crippen LogP contribution in [0.25, 0.3) is 0 Å². The van der Waals surface area contributed by atoms with Crippen LogP contribution in [0.1, 0.15) is 65.1 Å². The standard InChI is InChI=1S/C25H33NO4/c1-16(29-18-10-8-17(9-11-18)24(2,3)4)23(27)26-21-15-25(5,6)30-22-14-19(28-7)12-13-20(21)22/h8-14,16,21H,15H2,1-7H3,(H,26,27)/t16-,21+/m0/s1. The number of fused-ring (bicyclic) bond motifs is 1. The van der Waals surface area contributed by atoms with E-state index in [0.29, 0.717) is 12.2 Å². The third-order valence-electron chi connectivity index (χ3n) is 5.40. The SMILES string of the molecule is COc1ccc2c(c1)OC(C)(C)C[C@H]2NC(=O)[C@H](C)Oc1ccc(C(C)(C)C)cc1. The maximum Gasteiger partial charge on any atom is 0.261 e. The van der Waals surface area contributed by atoms with Crippen LogP contribution in [-0.4, -0.2) is 24.7 Å². The van der Waals surface area contributed by atoms with Gasteiger partial charge in [-0.15, -0.1) is 0 Å². The predicted molar refractivity (Wildman–Crippen MR) is 118 cm³/mol. The molecule has 0 fully saturated rings. The lowest BCUT2D eigenvalue weighted by Gasteiger charge is -2.38. The maximum absolute atomic E-state index is 12.9. The second-order valence-corrected chi connectivity index (χ2v) is 9.57. The number of amides is 1. The first kappa shape index (κ1) is 22.0. The molecular formula is C25H33NO4. The van der Waals surface area contributed by atoms with E-state index < -0.39 is 11.7 Å². The summed E-state index contributed by atoms with van der Waals surface area (Å²) in [6.07, 6.45) is 0.0589. The fourth-order valence-electron chi connectivity index (χ4n) is 3.67. The molecule has 1 amide bonds. The average molecular weight is 412 g/mol. The average Bonchev–Trinajstić information content (AvgIpc) is 2.66. The number of nitrogens with one attached hydrogen (secondary N) is 1. The molecule has 0 saturated carbocycles. The van der Waals surface area contributed by atoms with E-state index in [1.807, 2.05) is 56.3 Å². The number of hydrogen-bond acceptors (Lipinski definition) is 4. The minimum atomic E-state index is -0.613. The van der Waals surface area contributed by atoms with Crippen LogP contribution in [0.3, 0.4) is 0 Å². The number of carbonyl (C=O) groups excluding carboxylic acids is 1. The Morgan fingerprint density at radius 2 is 1.77 bits per heavy atom. The number of carbonyl (C=O) groups is 1. The fourth-order valence-corrected chi connectivity index (χ4v) is 3.67. The predicted octanol–water partition coefficient (Wildman–Crippen LogP) is 5.18. The third kappa shape index (κ3) is 5.07. The molecule has 5 heteroatoms. The molecule has 1 aliphatic rings. The van der Waals surface area contributed by atoms with Gasteiger partial charge in [0.2, 0.25) is 0 Å². The van der Waals surface area contributed by atoms with E-state index in [-0.39, 0.29) is 17.4 Å². The monoisotopic (exact) mass is 411 g/mol. The van der Waals surface area contributed by atoms with Gasteiger partial charge in [0, 0.05) is 18.1 Å². The van der Waals surface area contributed by atoms with Crippen LogP contribution in [0.15, 0.2) is 42.5 Å². The number of rotatable bonds is 5. The molecule has 0 saturated heterocycles. The molecular weight excluding hydrogens is 378 g/mol. The van der Waals surface area contributed by atoms with E-state index in [0.717, 1.165) is 17.1 Å². The Morgan fingerprint density at radius 1 is 1.13 bits per heavy atom. The van der Waals surface area contributed by atoms with Gasteiger partial charge >= 0.3 is 0 Å². The van der Waals surface area contributed by atoms with E-state index >= 15 is 0 Å². The molecule has 0 bridgehead atoms. The molecule has 162 valence electrons. The summed E-state index contributed by atoms with van der Waals surface area (Å²) in [4.78, 5) is 12.9. The Kier molecular flexibility index (Phi) is 6.02. The molecule has 0 unspecified atom stereocenters. The van der Waals surface area contributed by atoms with E-state index in [2.05, 4.69) is 26.1 Å². The Hall–Kier alpha value is -2.69. The molecule has 2 aromatic carbocycles. The zero-order valence-corrected chi connectivity index (χ0v) is 19.0. The van der Waals surface area contributed by atoms with Gasteiger partial charge in [0.1, 0.15) is 22.8 Å². The summed E-state index contributed by atoms with van der Waals surface area (Å²) in [5.74, 6) is 2.00. The van der Waals surface area contributed by atoms with Crippen molar-refractivity contribution in [1.82, 2.24) is 5.32 Å². The first-order valence-electron chi connectivity index (χ1n) is 10.4. The number of ether oxygens (including phenoxy) is 3. The van der Waals surface area contributed by atoms with Crippen molar-refractivity contribution in [2.45, 2.75) is 71.1 Å². The van der Waals surface area contributed by atoms with Gasteiger partial charge < -0.3 is 19.5 Å². The zero-order valence-electron chi connectivity index (χ0n) is 19.0. The fraction of sp³-hybridized carbons (Fsp3) is 0.480. The Labute approximate surface area is 179 Å². The summed E-state index contributed by atoms with van der Waals surface area (Å²) in [5, 5.41) is 3.14. The van der Waals surface area contributed by atoms with E-state index in [1.165, 1.54) is 5.56 Å². The van der Waals surface area contributed by atoms with Crippen LogP contribution in [-0.2, 0) is 10.2 Å².